The number of carbonyl (C=O) groups is 2. The summed E-state index contributed by atoms with van der Waals surface area (Å²) in [6, 6.07) is 12.8. The lowest BCUT2D eigenvalue weighted by molar-refractivity contribution is -0.116. The number of nitrogens with one attached hydrogen (secondary N) is 2. The summed E-state index contributed by atoms with van der Waals surface area (Å²) in [5, 5.41) is 8.14. The van der Waals surface area contributed by atoms with Crippen LogP contribution in [0.3, 0.4) is 0 Å². The first kappa shape index (κ1) is 18.3. The molecule has 7 heteroatoms. The van der Waals surface area contributed by atoms with Crippen molar-refractivity contribution >= 4 is 39.6 Å². The second-order valence-electron chi connectivity index (χ2n) is 5.94. The fraction of sp³-hybridized carbons (Fsp3) is 0.211. The van der Waals surface area contributed by atoms with Gasteiger partial charge in [0.2, 0.25) is 5.91 Å². The van der Waals surface area contributed by atoms with Crippen LogP contribution in [0.25, 0.3) is 10.6 Å². The van der Waals surface area contributed by atoms with E-state index in [1.54, 1.807) is 35.6 Å². The number of nitrogens with zero attached hydrogens (tertiary/aromatic N) is 1. The molecule has 26 heavy (non-hydrogen) atoms. The fourth-order valence-corrected chi connectivity index (χ4v) is 4.04. The molecule has 0 aliphatic rings. The van der Waals surface area contributed by atoms with Crippen molar-refractivity contribution in [2.75, 3.05) is 5.32 Å². The van der Waals surface area contributed by atoms with Crippen molar-refractivity contribution in [2.24, 2.45) is 0 Å². The summed E-state index contributed by atoms with van der Waals surface area (Å²) in [4.78, 5) is 31.1. The van der Waals surface area contributed by atoms with Crippen molar-refractivity contribution in [3.05, 3.63) is 58.3 Å². The number of rotatable bonds is 6. The number of hydrogen-bond acceptors (Lipinski definition) is 5. The number of amides is 2. The van der Waals surface area contributed by atoms with E-state index in [1.807, 2.05) is 31.4 Å². The van der Waals surface area contributed by atoms with Gasteiger partial charge in [0.25, 0.3) is 5.91 Å². The minimum absolute atomic E-state index is 0.172. The van der Waals surface area contributed by atoms with E-state index in [1.165, 1.54) is 16.2 Å². The smallest absolute Gasteiger partial charge is 0.251 e. The summed E-state index contributed by atoms with van der Waals surface area (Å²) in [6.07, 6.45) is 0.186. The monoisotopic (exact) mass is 385 g/mol. The van der Waals surface area contributed by atoms with Crippen LogP contribution in [0, 0.1) is 6.92 Å². The van der Waals surface area contributed by atoms with Crippen molar-refractivity contribution < 1.29 is 9.59 Å². The lowest BCUT2D eigenvalue weighted by atomic mass is 10.1. The van der Waals surface area contributed by atoms with Gasteiger partial charge in [-0.25, -0.2) is 4.98 Å². The van der Waals surface area contributed by atoms with Crippen LogP contribution in [0.5, 0.6) is 0 Å². The molecule has 3 rings (SSSR count). The van der Waals surface area contributed by atoms with Crippen molar-refractivity contribution in [3.63, 3.8) is 0 Å². The van der Waals surface area contributed by atoms with Gasteiger partial charge >= 0.3 is 0 Å². The Balaban J connectivity index is 1.52. The SMILES string of the molecule is Cc1ccc(-c2csc(NC(=O)CC(C)NC(=O)c3ccccc3)n2)s1. The quantitative estimate of drug-likeness (QED) is 0.663. The summed E-state index contributed by atoms with van der Waals surface area (Å²) < 4.78 is 0. The molecule has 3 aromatic rings. The van der Waals surface area contributed by atoms with Crippen molar-refractivity contribution in [1.29, 1.82) is 0 Å². The molecular formula is C19H19N3O2S2. The standard InChI is InChI=1S/C19H19N3O2S2/c1-12(20-18(24)14-6-4-3-5-7-14)10-17(23)22-19-21-15(11-25-19)16-9-8-13(2)26-16/h3-9,11-12H,10H2,1-2H3,(H,20,24)(H,21,22,23). The molecule has 0 aliphatic carbocycles. The number of thiophene rings is 1. The lowest BCUT2D eigenvalue weighted by Gasteiger charge is -2.13. The highest BCUT2D eigenvalue weighted by Gasteiger charge is 2.15. The van der Waals surface area contributed by atoms with Gasteiger partial charge in [-0.15, -0.1) is 22.7 Å². The zero-order valence-electron chi connectivity index (χ0n) is 14.5. The van der Waals surface area contributed by atoms with Crippen molar-refractivity contribution in [1.82, 2.24) is 10.3 Å². The van der Waals surface area contributed by atoms with Gasteiger partial charge in [0.1, 0.15) is 0 Å². The molecule has 1 atom stereocenters. The van der Waals surface area contributed by atoms with Gasteiger partial charge in [0.15, 0.2) is 5.13 Å². The van der Waals surface area contributed by atoms with Gasteiger partial charge in [-0.3, -0.25) is 9.59 Å². The Hall–Kier alpha value is -2.51. The molecule has 2 amide bonds. The fourth-order valence-electron chi connectivity index (χ4n) is 2.41. The highest BCUT2D eigenvalue weighted by molar-refractivity contribution is 7.17. The molecule has 2 heterocycles. The number of benzene rings is 1. The number of hydrogen-bond donors (Lipinski definition) is 2. The van der Waals surface area contributed by atoms with Crippen molar-refractivity contribution in [3.8, 4) is 10.6 Å². The average molecular weight is 386 g/mol. The topological polar surface area (TPSA) is 71.1 Å². The minimum atomic E-state index is -0.276. The summed E-state index contributed by atoms with van der Waals surface area (Å²) in [6.45, 7) is 3.86. The highest BCUT2D eigenvalue weighted by Crippen LogP contribution is 2.30. The molecule has 0 aliphatic heterocycles. The summed E-state index contributed by atoms with van der Waals surface area (Å²) in [5.41, 5.74) is 1.45. The Kier molecular flexibility index (Phi) is 5.80. The Morgan fingerprint density at radius 2 is 1.92 bits per heavy atom. The van der Waals surface area contributed by atoms with E-state index in [4.69, 9.17) is 0 Å². The predicted octanol–water partition coefficient (Wildman–Crippen LogP) is 4.33. The number of aryl methyl sites for hydroxylation is 1. The first-order valence-electron chi connectivity index (χ1n) is 8.19. The van der Waals surface area contributed by atoms with E-state index in [9.17, 15) is 9.59 Å². The average Bonchev–Trinajstić information content (AvgIpc) is 3.24. The van der Waals surface area contributed by atoms with E-state index < -0.39 is 0 Å². The Morgan fingerprint density at radius 3 is 2.62 bits per heavy atom. The van der Waals surface area contributed by atoms with Gasteiger partial charge in [0.05, 0.1) is 10.6 Å². The third-order valence-electron chi connectivity index (χ3n) is 3.65. The minimum Gasteiger partial charge on any atom is -0.349 e. The predicted molar refractivity (Wildman–Crippen MR) is 107 cm³/mol. The summed E-state index contributed by atoms with van der Waals surface area (Å²) in [7, 11) is 0. The summed E-state index contributed by atoms with van der Waals surface area (Å²) in [5.74, 6) is -0.357. The zero-order valence-corrected chi connectivity index (χ0v) is 16.1. The number of anilines is 1. The van der Waals surface area contributed by atoms with Crippen LogP contribution in [0.15, 0.2) is 47.8 Å². The van der Waals surface area contributed by atoms with Gasteiger partial charge in [0, 0.05) is 28.3 Å². The molecule has 134 valence electrons. The van der Waals surface area contributed by atoms with Crippen LogP contribution >= 0.6 is 22.7 Å². The molecule has 0 fully saturated rings. The first-order valence-corrected chi connectivity index (χ1v) is 9.89. The molecule has 0 spiro atoms. The van der Waals surface area contributed by atoms with E-state index in [0.29, 0.717) is 10.7 Å². The molecule has 0 saturated carbocycles. The van der Waals surface area contributed by atoms with Crippen LogP contribution in [0.4, 0.5) is 5.13 Å². The first-order chi connectivity index (χ1) is 12.5. The largest absolute Gasteiger partial charge is 0.349 e. The van der Waals surface area contributed by atoms with Crippen LogP contribution in [-0.2, 0) is 4.79 Å². The number of aromatic nitrogens is 1. The third kappa shape index (κ3) is 4.77. The Morgan fingerprint density at radius 1 is 1.15 bits per heavy atom. The van der Waals surface area contributed by atoms with Gasteiger partial charge in [-0.05, 0) is 38.1 Å². The van der Waals surface area contributed by atoms with E-state index in [0.717, 1.165) is 10.6 Å². The Bertz CT molecular complexity index is 902. The number of thiazole rings is 1. The Labute approximate surface area is 160 Å². The van der Waals surface area contributed by atoms with Crippen molar-refractivity contribution in [2.45, 2.75) is 26.3 Å². The maximum Gasteiger partial charge on any atom is 0.251 e. The molecule has 0 bridgehead atoms. The highest BCUT2D eigenvalue weighted by atomic mass is 32.1. The van der Waals surface area contributed by atoms with E-state index >= 15 is 0 Å². The molecule has 2 N–H and O–H groups in total. The van der Waals surface area contributed by atoms with E-state index in [-0.39, 0.29) is 24.3 Å². The molecule has 0 radical (unpaired) electrons. The van der Waals surface area contributed by atoms with Crippen LogP contribution in [-0.4, -0.2) is 22.8 Å². The van der Waals surface area contributed by atoms with Crippen LogP contribution < -0.4 is 10.6 Å². The second-order valence-corrected chi connectivity index (χ2v) is 8.09. The van der Waals surface area contributed by atoms with Crippen LogP contribution in [0.1, 0.15) is 28.6 Å². The number of carbonyl (C=O) groups excluding carboxylic acids is 2. The van der Waals surface area contributed by atoms with Gasteiger partial charge in [-0.2, -0.15) is 0 Å². The van der Waals surface area contributed by atoms with E-state index in [2.05, 4.69) is 21.7 Å². The third-order valence-corrected chi connectivity index (χ3v) is 5.43. The maximum atomic E-state index is 12.2. The van der Waals surface area contributed by atoms with Gasteiger partial charge < -0.3 is 10.6 Å². The molecule has 5 nitrogen and oxygen atoms in total. The lowest BCUT2D eigenvalue weighted by Crippen LogP contribution is -2.35. The van der Waals surface area contributed by atoms with Crippen LogP contribution in [0.2, 0.25) is 0 Å². The molecule has 1 unspecified atom stereocenters. The maximum absolute atomic E-state index is 12.2. The van der Waals surface area contributed by atoms with Gasteiger partial charge in [-0.1, -0.05) is 18.2 Å². The molecule has 2 aromatic heterocycles. The zero-order chi connectivity index (χ0) is 18.5. The molecule has 1 aromatic carbocycles. The second kappa shape index (κ2) is 8.25. The molecular weight excluding hydrogens is 366 g/mol. The molecule has 0 saturated heterocycles. The normalized spacial score (nSPS) is 11.8. The summed E-state index contributed by atoms with van der Waals surface area (Å²) >= 11 is 3.07.